The van der Waals surface area contributed by atoms with Crippen LogP contribution in [0.25, 0.3) is 11.4 Å². The number of aromatic nitrogens is 2. The lowest BCUT2D eigenvalue weighted by molar-refractivity contribution is -0.133. The maximum atomic E-state index is 12.6. The van der Waals surface area contributed by atoms with E-state index in [0.29, 0.717) is 24.6 Å². The number of nitrogens with zero attached hydrogens (tertiary/aromatic N) is 5. The topological polar surface area (TPSA) is 74.9 Å². The monoisotopic (exact) mass is 413 g/mol. The van der Waals surface area contributed by atoms with Gasteiger partial charge in [0.15, 0.2) is 0 Å². The van der Waals surface area contributed by atoms with E-state index in [4.69, 9.17) is 9.26 Å². The van der Waals surface area contributed by atoms with E-state index in [-0.39, 0.29) is 5.91 Å². The summed E-state index contributed by atoms with van der Waals surface area (Å²) in [7, 11) is 1.63. The minimum atomic E-state index is 0.165. The number of aryl methyl sites for hydroxylation is 1. The lowest BCUT2D eigenvalue weighted by Gasteiger charge is -2.35. The highest BCUT2D eigenvalue weighted by Crippen LogP contribution is 2.20. The van der Waals surface area contributed by atoms with Gasteiger partial charge in [0.1, 0.15) is 5.75 Å². The smallest absolute Gasteiger partial charge is 0.227 e. The molecule has 0 N–H and O–H groups in total. The fraction of sp³-hybridized carbons (Fsp3) is 0.591. The fourth-order valence-corrected chi connectivity index (χ4v) is 4.10. The van der Waals surface area contributed by atoms with Gasteiger partial charge in [-0.15, -0.1) is 0 Å². The molecule has 8 heteroatoms. The van der Waals surface area contributed by atoms with Gasteiger partial charge in [-0.1, -0.05) is 5.16 Å². The van der Waals surface area contributed by atoms with Crippen LogP contribution in [0.2, 0.25) is 0 Å². The van der Waals surface area contributed by atoms with Crippen molar-refractivity contribution in [1.82, 2.24) is 24.8 Å². The summed E-state index contributed by atoms with van der Waals surface area (Å²) >= 11 is 0. The average molecular weight is 414 g/mol. The number of benzene rings is 1. The van der Waals surface area contributed by atoms with Crippen molar-refractivity contribution >= 4 is 5.91 Å². The molecule has 2 aliphatic rings. The third kappa shape index (κ3) is 5.37. The molecule has 4 rings (SSSR count). The molecule has 1 aromatic heterocycles. The molecule has 30 heavy (non-hydrogen) atoms. The molecule has 0 saturated carbocycles. The van der Waals surface area contributed by atoms with Crippen molar-refractivity contribution in [2.24, 2.45) is 0 Å². The van der Waals surface area contributed by atoms with Crippen LogP contribution in [0.4, 0.5) is 0 Å². The zero-order valence-electron chi connectivity index (χ0n) is 17.8. The minimum absolute atomic E-state index is 0.165. The van der Waals surface area contributed by atoms with Crippen LogP contribution < -0.4 is 4.74 Å². The second kappa shape index (κ2) is 10.0. The van der Waals surface area contributed by atoms with Crippen molar-refractivity contribution in [2.45, 2.75) is 25.7 Å². The standard InChI is InChI=1S/C22H31N5O3/c1-29-19-6-4-18(5-7-19)22-23-20(30-24-22)8-9-21(28)27-16-14-26(15-17-27)13-12-25-10-2-3-11-25/h4-7H,2-3,8-17H2,1H3. The molecule has 8 nitrogen and oxygen atoms in total. The van der Waals surface area contributed by atoms with E-state index in [1.54, 1.807) is 7.11 Å². The van der Waals surface area contributed by atoms with E-state index in [0.717, 1.165) is 50.6 Å². The van der Waals surface area contributed by atoms with E-state index in [9.17, 15) is 4.79 Å². The molecule has 2 fully saturated rings. The molecule has 2 saturated heterocycles. The highest BCUT2D eigenvalue weighted by Gasteiger charge is 2.22. The first-order valence-corrected chi connectivity index (χ1v) is 10.9. The summed E-state index contributed by atoms with van der Waals surface area (Å²) in [5.74, 6) is 1.98. The summed E-state index contributed by atoms with van der Waals surface area (Å²) < 4.78 is 10.5. The molecule has 162 valence electrons. The van der Waals surface area contributed by atoms with Crippen molar-refractivity contribution < 1.29 is 14.1 Å². The van der Waals surface area contributed by atoms with Gasteiger partial charge < -0.3 is 19.1 Å². The van der Waals surface area contributed by atoms with Crippen molar-refractivity contribution in [3.8, 4) is 17.1 Å². The van der Waals surface area contributed by atoms with Gasteiger partial charge >= 0.3 is 0 Å². The number of hydrogen-bond donors (Lipinski definition) is 0. The largest absolute Gasteiger partial charge is 0.497 e. The number of methoxy groups -OCH3 is 1. The number of carbonyl (C=O) groups excluding carboxylic acids is 1. The summed E-state index contributed by atoms with van der Waals surface area (Å²) in [5, 5.41) is 4.03. The van der Waals surface area contributed by atoms with Crippen molar-refractivity contribution in [3.63, 3.8) is 0 Å². The third-order valence-electron chi connectivity index (χ3n) is 6.03. The third-order valence-corrected chi connectivity index (χ3v) is 6.03. The van der Waals surface area contributed by atoms with Gasteiger partial charge in [-0.3, -0.25) is 9.69 Å². The number of hydrogen-bond acceptors (Lipinski definition) is 7. The van der Waals surface area contributed by atoms with E-state index in [2.05, 4.69) is 19.9 Å². The van der Waals surface area contributed by atoms with Gasteiger partial charge in [0.2, 0.25) is 17.6 Å². The number of ether oxygens (including phenoxy) is 1. The van der Waals surface area contributed by atoms with Gasteiger partial charge in [-0.25, -0.2) is 0 Å². The molecule has 2 aliphatic heterocycles. The van der Waals surface area contributed by atoms with Gasteiger partial charge in [-0.2, -0.15) is 4.98 Å². The predicted octanol–water partition coefficient (Wildman–Crippen LogP) is 1.92. The quantitative estimate of drug-likeness (QED) is 0.654. The van der Waals surface area contributed by atoms with Gasteiger partial charge in [0.05, 0.1) is 7.11 Å². The summed E-state index contributed by atoms with van der Waals surface area (Å²) in [6.45, 7) is 8.28. The molecule has 1 amide bonds. The molecule has 2 aromatic rings. The number of amides is 1. The van der Waals surface area contributed by atoms with Crippen LogP contribution in [0.3, 0.4) is 0 Å². The van der Waals surface area contributed by atoms with E-state index < -0.39 is 0 Å². The Morgan fingerprint density at radius 1 is 1.00 bits per heavy atom. The van der Waals surface area contributed by atoms with Crippen LogP contribution in [0, 0.1) is 0 Å². The average Bonchev–Trinajstić information content (AvgIpc) is 3.49. The number of rotatable bonds is 8. The second-order valence-corrected chi connectivity index (χ2v) is 8.01. The van der Waals surface area contributed by atoms with E-state index in [1.165, 1.54) is 25.9 Å². The number of likely N-dealkylation sites (tertiary alicyclic amines) is 1. The summed E-state index contributed by atoms with van der Waals surface area (Å²) in [4.78, 5) is 24.0. The van der Waals surface area contributed by atoms with Crippen LogP contribution >= 0.6 is 0 Å². The molecule has 3 heterocycles. The molecule has 1 aromatic carbocycles. The molecular weight excluding hydrogens is 382 g/mol. The van der Waals surface area contributed by atoms with Crippen LogP contribution in [0.15, 0.2) is 28.8 Å². The first kappa shape index (κ1) is 20.8. The minimum Gasteiger partial charge on any atom is -0.497 e. The maximum Gasteiger partial charge on any atom is 0.227 e. The molecular formula is C22H31N5O3. The van der Waals surface area contributed by atoms with Gasteiger partial charge in [0.25, 0.3) is 0 Å². The molecule has 0 unspecified atom stereocenters. The Labute approximate surface area is 177 Å². The molecule has 0 bridgehead atoms. The normalized spacial score (nSPS) is 18.1. The lowest BCUT2D eigenvalue weighted by atomic mass is 10.2. The Bertz CT molecular complexity index is 808. The Morgan fingerprint density at radius 3 is 2.33 bits per heavy atom. The predicted molar refractivity (Wildman–Crippen MR) is 113 cm³/mol. The summed E-state index contributed by atoms with van der Waals surface area (Å²) in [6.07, 6.45) is 3.54. The van der Waals surface area contributed by atoms with Crippen molar-refractivity contribution in [1.29, 1.82) is 0 Å². The number of carbonyl (C=O) groups is 1. The first-order chi connectivity index (χ1) is 14.7. The maximum absolute atomic E-state index is 12.6. The van der Waals surface area contributed by atoms with Crippen LogP contribution in [-0.4, -0.2) is 90.2 Å². The van der Waals surface area contributed by atoms with Crippen LogP contribution in [0.1, 0.15) is 25.2 Å². The van der Waals surface area contributed by atoms with Crippen LogP contribution in [-0.2, 0) is 11.2 Å². The van der Waals surface area contributed by atoms with Crippen molar-refractivity contribution in [3.05, 3.63) is 30.2 Å². The Kier molecular flexibility index (Phi) is 6.96. The van der Waals surface area contributed by atoms with Crippen LogP contribution in [0.5, 0.6) is 5.75 Å². The molecule has 0 spiro atoms. The summed E-state index contributed by atoms with van der Waals surface area (Å²) in [5.41, 5.74) is 0.863. The Balaban J connectivity index is 1.19. The van der Waals surface area contributed by atoms with Gasteiger partial charge in [-0.05, 0) is 50.2 Å². The Morgan fingerprint density at radius 2 is 1.67 bits per heavy atom. The fourth-order valence-electron chi connectivity index (χ4n) is 4.10. The highest BCUT2D eigenvalue weighted by molar-refractivity contribution is 5.76. The SMILES string of the molecule is COc1ccc(-c2noc(CCC(=O)N3CCN(CCN4CCCC4)CC3)n2)cc1. The zero-order chi connectivity index (χ0) is 20.8. The second-order valence-electron chi connectivity index (χ2n) is 8.01. The first-order valence-electron chi connectivity index (χ1n) is 10.9. The zero-order valence-corrected chi connectivity index (χ0v) is 17.8. The summed E-state index contributed by atoms with van der Waals surface area (Å²) in [6, 6.07) is 7.50. The van der Waals surface area contributed by atoms with Crippen molar-refractivity contribution in [2.75, 3.05) is 59.5 Å². The molecule has 0 radical (unpaired) electrons. The number of piperazine rings is 1. The lowest BCUT2D eigenvalue weighted by Crippen LogP contribution is -2.50. The van der Waals surface area contributed by atoms with E-state index >= 15 is 0 Å². The highest BCUT2D eigenvalue weighted by atomic mass is 16.5. The molecule has 0 aliphatic carbocycles. The van der Waals surface area contributed by atoms with E-state index in [1.807, 2.05) is 29.2 Å². The molecule has 0 atom stereocenters. The Hall–Kier alpha value is -2.45. The van der Waals surface area contributed by atoms with Gasteiger partial charge in [0, 0.05) is 57.7 Å².